The van der Waals surface area contributed by atoms with E-state index in [1.165, 1.54) is 12.1 Å². The summed E-state index contributed by atoms with van der Waals surface area (Å²) < 4.78 is 26.2. The lowest BCUT2D eigenvalue weighted by atomic mass is 10.2. The molecule has 0 aliphatic heterocycles. The van der Waals surface area contributed by atoms with Gasteiger partial charge in [0.15, 0.2) is 0 Å². The van der Waals surface area contributed by atoms with Crippen LogP contribution < -0.4 is 10.3 Å². The number of aromatic amines is 1. The molecule has 0 spiro atoms. The highest BCUT2D eigenvalue weighted by Crippen LogP contribution is 2.22. The Hall–Kier alpha value is -1.83. The van der Waals surface area contributed by atoms with Gasteiger partial charge in [0.2, 0.25) is 5.56 Å². The molecule has 0 saturated heterocycles. The quantitative estimate of drug-likeness (QED) is 0.875. The standard InChI is InChI=1S/C13H10Cl2N2O4S/c1-7-2-8(3-12(18)16-7)13(19)17-22(20,21)11-5-9(14)4-10(15)6-11/h2-6H,1H3,(H,16,18)(H,17,19). The van der Waals surface area contributed by atoms with Gasteiger partial charge in [0.05, 0.1) is 4.90 Å². The van der Waals surface area contributed by atoms with E-state index in [1.807, 2.05) is 4.72 Å². The molecule has 0 aliphatic carbocycles. The molecule has 9 heteroatoms. The lowest BCUT2D eigenvalue weighted by Gasteiger charge is -2.08. The molecule has 0 fully saturated rings. The number of benzene rings is 1. The molecule has 1 heterocycles. The van der Waals surface area contributed by atoms with Crippen molar-refractivity contribution in [2.75, 3.05) is 0 Å². The summed E-state index contributed by atoms with van der Waals surface area (Å²) in [6, 6.07) is 6.04. The number of rotatable bonds is 3. The molecule has 1 aromatic heterocycles. The molecule has 0 radical (unpaired) electrons. The molecule has 1 aromatic carbocycles. The van der Waals surface area contributed by atoms with Crippen molar-refractivity contribution < 1.29 is 13.2 Å². The van der Waals surface area contributed by atoms with Crippen LogP contribution in [0.5, 0.6) is 0 Å². The van der Waals surface area contributed by atoms with Crippen molar-refractivity contribution in [1.29, 1.82) is 0 Å². The molecule has 0 aliphatic rings. The molecule has 1 amide bonds. The first-order valence-corrected chi connectivity index (χ1v) is 8.15. The molecule has 22 heavy (non-hydrogen) atoms. The molecule has 0 saturated carbocycles. The summed E-state index contributed by atoms with van der Waals surface area (Å²) in [6.07, 6.45) is 0. The lowest BCUT2D eigenvalue weighted by molar-refractivity contribution is 0.0981. The number of hydrogen-bond donors (Lipinski definition) is 2. The third kappa shape index (κ3) is 3.88. The maximum atomic E-state index is 12.2. The van der Waals surface area contributed by atoms with Crippen molar-refractivity contribution in [3.05, 3.63) is 62.0 Å². The fraction of sp³-hybridized carbons (Fsp3) is 0.0769. The van der Waals surface area contributed by atoms with E-state index >= 15 is 0 Å². The Morgan fingerprint density at radius 1 is 1.09 bits per heavy atom. The van der Waals surface area contributed by atoms with Gasteiger partial charge >= 0.3 is 0 Å². The van der Waals surface area contributed by atoms with Crippen LogP contribution in [0.3, 0.4) is 0 Å². The smallest absolute Gasteiger partial charge is 0.265 e. The van der Waals surface area contributed by atoms with E-state index in [2.05, 4.69) is 4.98 Å². The number of carbonyl (C=O) groups excluding carboxylic acids is 1. The topological polar surface area (TPSA) is 96.1 Å². The summed E-state index contributed by atoms with van der Waals surface area (Å²) in [4.78, 5) is 25.5. The van der Waals surface area contributed by atoms with Crippen molar-refractivity contribution in [2.24, 2.45) is 0 Å². The monoisotopic (exact) mass is 360 g/mol. The molecular weight excluding hydrogens is 351 g/mol. The number of H-pyrrole nitrogens is 1. The van der Waals surface area contributed by atoms with Gasteiger partial charge in [-0.2, -0.15) is 0 Å². The molecule has 0 unspecified atom stereocenters. The van der Waals surface area contributed by atoms with Gasteiger partial charge in [0.25, 0.3) is 15.9 Å². The van der Waals surface area contributed by atoms with Gasteiger partial charge in [-0.1, -0.05) is 23.2 Å². The summed E-state index contributed by atoms with van der Waals surface area (Å²) in [7, 11) is -4.16. The third-order valence-corrected chi connectivity index (χ3v) is 4.36. The number of sulfonamides is 1. The number of aromatic nitrogens is 1. The van der Waals surface area contributed by atoms with Crippen molar-refractivity contribution in [3.8, 4) is 0 Å². The highest BCUT2D eigenvalue weighted by molar-refractivity contribution is 7.90. The van der Waals surface area contributed by atoms with Crippen LogP contribution in [0.1, 0.15) is 16.1 Å². The first-order chi connectivity index (χ1) is 10.2. The Kier molecular flexibility index (Phi) is 4.60. The van der Waals surface area contributed by atoms with E-state index < -0.39 is 21.5 Å². The molecular formula is C13H10Cl2N2O4S. The number of nitrogens with one attached hydrogen (secondary N) is 2. The minimum absolute atomic E-state index is 0.0713. The Bertz CT molecular complexity index is 886. The minimum Gasteiger partial charge on any atom is -0.326 e. The predicted octanol–water partition coefficient (Wildman–Crippen LogP) is 2.11. The van der Waals surface area contributed by atoms with E-state index in [-0.39, 0.29) is 20.5 Å². The maximum absolute atomic E-state index is 12.2. The van der Waals surface area contributed by atoms with Crippen LogP contribution >= 0.6 is 23.2 Å². The average molecular weight is 361 g/mol. The number of carbonyl (C=O) groups is 1. The third-order valence-electron chi connectivity index (χ3n) is 2.61. The number of amides is 1. The largest absolute Gasteiger partial charge is 0.326 e. The van der Waals surface area contributed by atoms with Crippen LogP contribution in [-0.2, 0) is 10.0 Å². The molecule has 116 valence electrons. The number of hydrogen-bond acceptors (Lipinski definition) is 4. The van der Waals surface area contributed by atoms with Crippen molar-refractivity contribution in [3.63, 3.8) is 0 Å². The van der Waals surface area contributed by atoms with Gasteiger partial charge in [0, 0.05) is 27.4 Å². The van der Waals surface area contributed by atoms with E-state index in [1.54, 1.807) is 6.92 Å². The molecule has 2 aromatic rings. The van der Waals surface area contributed by atoms with E-state index in [9.17, 15) is 18.0 Å². The van der Waals surface area contributed by atoms with E-state index in [0.717, 1.165) is 18.2 Å². The Labute approximate surface area is 136 Å². The Morgan fingerprint density at radius 2 is 1.68 bits per heavy atom. The SMILES string of the molecule is Cc1cc(C(=O)NS(=O)(=O)c2cc(Cl)cc(Cl)c2)cc(=O)[nH]1. The minimum atomic E-state index is -4.16. The summed E-state index contributed by atoms with van der Waals surface area (Å²) in [5.74, 6) is -0.926. The van der Waals surface area contributed by atoms with Gasteiger partial charge in [-0.25, -0.2) is 13.1 Å². The second-order valence-corrected chi connectivity index (χ2v) is 7.01. The van der Waals surface area contributed by atoms with Crippen molar-refractivity contribution in [2.45, 2.75) is 11.8 Å². The number of aryl methyl sites for hydroxylation is 1. The zero-order chi connectivity index (χ0) is 16.5. The van der Waals surface area contributed by atoms with Gasteiger partial charge in [-0.05, 0) is 31.2 Å². The number of pyridine rings is 1. The second-order valence-electron chi connectivity index (χ2n) is 4.46. The zero-order valence-electron chi connectivity index (χ0n) is 11.2. The summed E-state index contributed by atoms with van der Waals surface area (Å²) in [5, 5.41) is 0.236. The predicted molar refractivity (Wildman–Crippen MR) is 82.9 cm³/mol. The summed E-state index contributed by atoms with van der Waals surface area (Å²) >= 11 is 11.5. The molecule has 2 N–H and O–H groups in total. The van der Waals surface area contributed by atoms with Gasteiger partial charge in [-0.3, -0.25) is 9.59 Å². The van der Waals surface area contributed by atoms with Gasteiger partial charge in [-0.15, -0.1) is 0 Å². The van der Waals surface area contributed by atoms with Crippen molar-refractivity contribution in [1.82, 2.24) is 9.71 Å². The normalized spacial score (nSPS) is 11.2. The second kappa shape index (κ2) is 6.12. The van der Waals surface area contributed by atoms with E-state index in [4.69, 9.17) is 23.2 Å². The molecule has 0 atom stereocenters. The highest BCUT2D eigenvalue weighted by Gasteiger charge is 2.20. The van der Waals surface area contributed by atoms with Crippen LogP contribution in [-0.4, -0.2) is 19.3 Å². The van der Waals surface area contributed by atoms with Crippen LogP contribution in [0.15, 0.2) is 40.0 Å². The van der Waals surface area contributed by atoms with Crippen LogP contribution in [0.4, 0.5) is 0 Å². The molecule has 6 nitrogen and oxygen atoms in total. The molecule has 2 rings (SSSR count). The first-order valence-electron chi connectivity index (χ1n) is 5.91. The Morgan fingerprint density at radius 3 is 2.23 bits per heavy atom. The fourth-order valence-electron chi connectivity index (χ4n) is 1.74. The van der Waals surface area contributed by atoms with Gasteiger partial charge < -0.3 is 4.98 Å². The average Bonchev–Trinajstić information content (AvgIpc) is 2.35. The van der Waals surface area contributed by atoms with Crippen LogP contribution in [0.2, 0.25) is 10.0 Å². The fourth-order valence-corrected chi connectivity index (χ4v) is 3.44. The lowest BCUT2D eigenvalue weighted by Crippen LogP contribution is -2.31. The van der Waals surface area contributed by atoms with Crippen LogP contribution in [0.25, 0.3) is 0 Å². The molecule has 0 bridgehead atoms. The Balaban J connectivity index is 2.35. The summed E-state index contributed by atoms with van der Waals surface area (Å²) in [6.45, 7) is 1.57. The first kappa shape index (κ1) is 16.5. The van der Waals surface area contributed by atoms with Gasteiger partial charge in [0.1, 0.15) is 0 Å². The number of halogens is 2. The summed E-state index contributed by atoms with van der Waals surface area (Å²) in [5.41, 5.74) is -0.146. The maximum Gasteiger partial charge on any atom is 0.265 e. The highest BCUT2D eigenvalue weighted by atomic mass is 35.5. The zero-order valence-corrected chi connectivity index (χ0v) is 13.5. The van der Waals surface area contributed by atoms with Crippen LogP contribution in [0, 0.1) is 6.92 Å². The van der Waals surface area contributed by atoms with Crippen molar-refractivity contribution >= 4 is 39.1 Å². The van der Waals surface area contributed by atoms with E-state index in [0.29, 0.717) is 5.69 Å².